The van der Waals surface area contributed by atoms with E-state index in [-0.39, 0.29) is 0 Å². The summed E-state index contributed by atoms with van der Waals surface area (Å²) in [6, 6.07) is 0. The molecule has 0 fully saturated rings. The van der Waals surface area contributed by atoms with Gasteiger partial charge in [0.25, 0.3) is 0 Å². The molecule has 0 aliphatic rings. The Morgan fingerprint density at radius 3 is 1.22 bits per heavy atom. The Balaban J connectivity index is -0.000000267. The molecule has 0 bridgehead atoms. The zero-order valence-electron chi connectivity index (χ0n) is 19.1. The highest BCUT2D eigenvalue weighted by Crippen LogP contribution is 2.32. The highest BCUT2D eigenvalue weighted by molar-refractivity contribution is 4.75. The standard InChI is InChI=1S/C16H34O.3C2H6/c1-7-15(6,8-2)12-13-17-14-16(9-3,10-4)11-5;3*1-2/h7-14H2,1-6H3;3*1-2H3. The minimum Gasteiger partial charge on any atom is -0.381 e. The van der Waals surface area contributed by atoms with E-state index in [2.05, 4.69) is 41.5 Å². The first kappa shape index (κ1) is 30.8. The van der Waals surface area contributed by atoms with Crippen LogP contribution in [0.15, 0.2) is 0 Å². The van der Waals surface area contributed by atoms with E-state index in [1.165, 1.54) is 38.5 Å². The maximum absolute atomic E-state index is 5.97. The Labute approximate surface area is 151 Å². The van der Waals surface area contributed by atoms with E-state index in [1.54, 1.807) is 0 Å². The van der Waals surface area contributed by atoms with Gasteiger partial charge in [-0.15, -0.1) is 0 Å². The van der Waals surface area contributed by atoms with Gasteiger partial charge in [0.15, 0.2) is 0 Å². The van der Waals surface area contributed by atoms with Crippen LogP contribution in [0.4, 0.5) is 0 Å². The first-order chi connectivity index (χ1) is 11.0. The molecular formula is C22H52O. The van der Waals surface area contributed by atoms with Gasteiger partial charge in [0, 0.05) is 6.61 Å². The summed E-state index contributed by atoms with van der Waals surface area (Å²) in [7, 11) is 0. The molecule has 1 heteroatoms. The molecular weight excluding hydrogens is 280 g/mol. The smallest absolute Gasteiger partial charge is 0.0522 e. The molecule has 0 aromatic rings. The van der Waals surface area contributed by atoms with Crippen molar-refractivity contribution in [3.63, 3.8) is 0 Å². The van der Waals surface area contributed by atoms with Crippen LogP contribution < -0.4 is 0 Å². The molecule has 0 saturated carbocycles. The van der Waals surface area contributed by atoms with Gasteiger partial charge in [-0.25, -0.2) is 0 Å². The van der Waals surface area contributed by atoms with Gasteiger partial charge in [-0.3, -0.25) is 0 Å². The lowest BCUT2D eigenvalue weighted by atomic mass is 9.80. The van der Waals surface area contributed by atoms with Gasteiger partial charge in [-0.2, -0.15) is 0 Å². The van der Waals surface area contributed by atoms with Crippen LogP contribution in [0.5, 0.6) is 0 Å². The van der Waals surface area contributed by atoms with E-state index in [9.17, 15) is 0 Å². The molecule has 0 aliphatic carbocycles. The topological polar surface area (TPSA) is 9.23 Å². The van der Waals surface area contributed by atoms with Crippen molar-refractivity contribution in [2.24, 2.45) is 10.8 Å². The molecule has 0 aromatic heterocycles. The summed E-state index contributed by atoms with van der Waals surface area (Å²) in [6.07, 6.45) is 7.42. The molecule has 0 atom stereocenters. The van der Waals surface area contributed by atoms with Gasteiger partial charge in [0.2, 0.25) is 0 Å². The average molecular weight is 333 g/mol. The molecule has 23 heavy (non-hydrogen) atoms. The predicted octanol–water partition coefficient (Wildman–Crippen LogP) is 8.51. The van der Waals surface area contributed by atoms with Crippen molar-refractivity contribution >= 4 is 0 Å². The Morgan fingerprint density at radius 2 is 0.957 bits per heavy atom. The summed E-state index contributed by atoms with van der Waals surface area (Å²) in [4.78, 5) is 0. The lowest BCUT2D eigenvalue weighted by Crippen LogP contribution is -2.26. The van der Waals surface area contributed by atoms with Crippen molar-refractivity contribution in [1.29, 1.82) is 0 Å². The molecule has 0 heterocycles. The van der Waals surface area contributed by atoms with E-state index in [1.807, 2.05) is 41.5 Å². The number of rotatable bonds is 10. The molecule has 0 unspecified atom stereocenters. The number of ether oxygens (including phenoxy) is 1. The van der Waals surface area contributed by atoms with Crippen molar-refractivity contribution in [2.45, 2.75) is 122 Å². The van der Waals surface area contributed by atoms with E-state index in [0.717, 1.165) is 13.2 Å². The summed E-state index contributed by atoms with van der Waals surface area (Å²) in [6.45, 7) is 27.7. The van der Waals surface area contributed by atoms with Gasteiger partial charge in [0.1, 0.15) is 0 Å². The zero-order valence-corrected chi connectivity index (χ0v) is 19.1. The van der Waals surface area contributed by atoms with Crippen LogP contribution in [0.1, 0.15) is 122 Å². The van der Waals surface area contributed by atoms with Gasteiger partial charge >= 0.3 is 0 Å². The van der Waals surface area contributed by atoms with Crippen molar-refractivity contribution in [3.05, 3.63) is 0 Å². The van der Waals surface area contributed by atoms with Gasteiger partial charge in [0.05, 0.1) is 6.61 Å². The fourth-order valence-electron chi connectivity index (χ4n) is 2.27. The second-order valence-corrected chi connectivity index (χ2v) is 5.88. The number of hydrogen-bond acceptors (Lipinski definition) is 1. The molecule has 0 rings (SSSR count). The van der Waals surface area contributed by atoms with Gasteiger partial charge < -0.3 is 4.74 Å². The maximum Gasteiger partial charge on any atom is 0.0522 e. The summed E-state index contributed by atoms with van der Waals surface area (Å²) in [5, 5.41) is 0. The molecule has 0 N–H and O–H groups in total. The molecule has 0 saturated heterocycles. The van der Waals surface area contributed by atoms with E-state index in [0.29, 0.717) is 10.8 Å². The fraction of sp³-hybridized carbons (Fsp3) is 1.00. The monoisotopic (exact) mass is 332 g/mol. The Kier molecular flexibility index (Phi) is 29.4. The summed E-state index contributed by atoms with van der Waals surface area (Å²) < 4.78 is 5.97. The minimum atomic E-state index is 0.425. The molecule has 0 radical (unpaired) electrons. The third-order valence-corrected chi connectivity index (χ3v) is 5.22. The van der Waals surface area contributed by atoms with Crippen LogP contribution in [0, 0.1) is 10.8 Å². The van der Waals surface area contributed by atoms with Crippen molar-refractivity contribution in [2.75, 3.05) is 13.2 Å². The highest BCUT2D eigenvalue weighted by Gasteiger charge is 2.25. The highest BCUT2D eigenvalue weighted by atomic mass is 16.5. The lowest BCUT2D eigenvalue weighted by molar-refractivity contribution is 0.0197. The third kappa shape index (κ3) is 15.2. The second kappa shape index (κ2) is 22.0. The molecule has 146 valence electrons. The SMILES string of the molecule is CC.CC.CC.CCC(C)(CC)CCOCC(CC)(CC)CC. The normalized spacial score (nSPS) is 10.4. The summed E-state index contributed by atoms with van der Waals surface area (Å²) >= 11 is 0. The van der Waals surface area contributed by atoms with Crippen molar-refractivity contribution < 1.29 is 4.74 Å². The molecule has 0 aromatic carbocycles. The number of hydrogen-bond donors (Lipinski definition) is 0. The maximum atomic E-state index is 5.97. The van der Waals surface area contributed by atoms with Crippen molar-refractivity contribution in [3.8, 4) is 0 Å². The average Bonchev–Trinajstić information content (AvgIpc) is 2.67. The quantitative estimate of drug-likeness (QED) is 0.364. The summed E-state index contributed by atoms with van der Waals surface area (Å²) in [5.74, 6) is 0. The largest absolute Gasteiger partial charge is 0.381 e. The fourth-order valence-corrected chi connectivity index (χ4v) is 2.27. The van der Waals surface area contributed by atoms with Gasteiger partial charge in [-0.1, -0.05) is 95.9 Å². The van der Waals surface area contributed by atoms with Gasteiger partial charge in [-0.05, 0) is 36.5 Å². The summed E-state index contributed by atoms with van der Waals surface area (Å²) in [5.41, 5.74) is 0.905. The van der Waals surface area contributed by atoms with E-state index in [4.69, 9.17) is 4.74 Å². The van der Waals surface area contributed by atoms with Crippen LogP contribution in [0.2, 0.25) is 0 Å². The van der Waals surface area contributed by atoms with Crippen LogP contribution in [0.25, 0.3) is 0 Å². The molecule has 0 spiro atoms. The molecule has 1 nitrogen and oxygen atoms in total. The zero-order chi connectivity index (χ0) is 19.4. The van der Waals surface area contributed by atoms with Crippen LogP contribution in [-0.2, 0) is 4.74 Å². The van der Waals surface area contributed by atoms with Crippen LogP contribution >= 0.6 is 0 Å². The Morgan fingerprint density at radius 1 is 0.609 bits per heavy atom. The lowest BCUT2D eigenvalue weighted by Gasteiger charge is -2.31. The van der Waals surface area contributed by atoms with E-state index >= 15 is 0 Å². The van der Waals surface area contributed by atoms with Crippen molar-refractivity contribution in [1.82, 2.24) is 0 Å². The van der Waals surface area contributed by atoms with Crippen LogP contribution in [0.3, 0.4) is 0 Å². The molecule has 0 amide bonds. The Bertz CT molecular complexity index is 170. The predicted molar refractivity (Wildman–Crippen MR) is 111 cm³/mol. The van der Waals surface area contributed by atoms with Crippen LogP contribution in [-0.4, -0.2) is 13.2 Å². The third-order valence-electron chi connectivity index (χ3n) is 5.22. The first-order valence-electron chi connectivity index (χ1n) is 10.6. The Hall–Kier alpha value is -0.0400. The van der Waals surface area contributed by atoms with E-state index < -0.39 is 0 Å². The second-order valence-electron chi connectivity index (χ2n) is 5.88. The molecule has 0 aliphatic heterocycles. The first-order valence-corrected chi connectivity index (χ1v) is 10.6. The minimum absolute atomic E-state index is 0.425.